The van der Waals surface area contributed by atoms with Crippen LogP contribution in [0.15, 0.2) is 78.3 Å². The van der Waals surface area contributed by atoms with E-state index in [1.54, 1.807) is 30.3 Å². The van der Waals surface area contributed by atoms with Crippen LogP contribution >= 0.6 is 0 Å². The summed E-state index contributed by atoms with van der Waals surface area (Å²) >= 11 is 0. The zero-order chi connectivity index (χ0) is 29.8. The van der Waals surface area contributed by atoms with Gasteiger partial charge in [-0.05, 0) is 46.7 Å². The van der Waals surface area contributed by atoms with Gasteiger partial charge in [-0.25, -0.2) is 4.99 Å². The zero-order valence-corrected chi connectivity index (χ0v) is 22.5. The predicted molar refractivity (Wildman–Crippen MR) is 146 cm³/mol. The number of nitrogens with zero attached hydrogens (tertiary/aromatic N) is 1. The Balaban J connectivity index is 2.18. The Morgan fingerprint density at radius 3 is 1.73 bits per heavy atom. The van der Waals surface area contributed by atoms with Gasteiger partial charge in [0.15, 0.2) is 0 Å². The molecule has 10 heteroatoms. The number of rotatable bonds is 8. The molecule has 40 heavy (non-hydrogen) atoms. The quantitative estimate of drug-likeness (QED) is 0.124. The summed E-state index contributed by atoms with van der Waals surface area (Å²) in [6.45, 7) is 11.8. The van der Waals surface area contributed by atoms with Gasteiger partial charge in [-0.15, -0.1) is 0 Å². The molecule has 0 saturated carbocycles. The third-order valence-corrected chi connectivity index (χ3v) is 6.33. The summed E-state index contributed by atoms with van der Waals surface area (Å²) in [6, 6.07) is 15.1. The van der Waals surface area contributed by atoms with Crippen LogP contribution in [0, 0.1) is 0 Å². The molecule has 0 fully saturated rings. The maximum absolute atomic E-state index is 13.4. The fourth-order valence-corrected chi connectivity index (χ4v) is 4.27. The Labute approximate surface area is 229 Å². The minimum atomic E-state index is -5.02. The van der Waals surface area contributed by atoms with Gasteiger partial charge in [-0.2, -0.15) is 32.2 Å². The maximum atomic E-state index is 13.4. The molecule has 4 nitrogen and oxygen atoms in total. The number of nitrogens with one attached hydrogen (secondary N) is 1. The van der Waals surface area contributed by atoms with Gasteiger partial charge >= 0.3 is 12.4 Å². The van der Waals surface area contributed by atoms with Crippen LogP contribution < -0.4 is 11.2 Å². The van der Waals surface area contributed by atoms with Gasteiger partial charge in [0, 0.05) is 11.3 Å². The number of hydrogen-bond donors (Lipinski definition) is 2. The molecule has 0 heterocycles. The van der Waals surface area contributed by atoms with Gasteiger partial charge in [0.05, 0.1) is 16.8 Å². The molecule has 3 aromatic rings. The molecule has 0 bridgehead atoms. The number of anilines is 1. The van der Waals surface area contributed by atoms with Crippen LogP contribution in [-0.4, -0.2) is 5.90 Å². The molecule has 214 valence electrons. The van der Waals surface area contributed by atoms with Crippen molar-refractivity contribution >= 4 is 17.3 Å². The van der Waals surface area contributed by atoms with Gasteiger partial charge in [0.2, 0.25) is 5.90 Å². The van der Waals surface area contributed by atoms with Gasteiger partial charge in [-0.1, -0.05) is 82.8 Å². The Morgan fingerprint density at radius 2 is 1.30 bits per heavy atom. The summed E-state index contributed by atoms with van der Waals surface area (Å²) in [4.78, 5) is 9.32. The number of aliphatic imine (C=N–C) groups is 1. The highest BCUT2D eigenvalue weighted by atomic mass is 19.4. The van der Waals surface area contributed by atoms with Crippen LogP contribution in [0.5, 0.6) is 0 Å². The molecule has 1 atom stereocenters. The SMILES string of the molecule is C=C(/N=C(\ON)C(Nc1c(C(C)C)cccc1C(C)C)c1ccccc1)c1cc(C(F)(F)F)cc(C(F)(F)F)c1. The van der Waals surface area contributed by atoms with E-state index < -0.39 is 35.1 Å². The molecule has 0 radical (unpaired) electrons. The Morgan fingerprint density at radius 1 is 0.800 bits per heavy atom. The first-order chi connectivity index (χ1) is 18.6. The van der Waals surface area contributed by atoms with E-state index in [4.69, 9.17) is 10.7 Å². The van der Waals surface area contributed by atoms with Crippen molar-refractivity contribution in [1.82, 2.24) is 0 Å². The molecule has 3 N–H and O–H groups in total. The molecule has 0 amide bonds. The largest absolute Gasteiger partial charge is 0.416 e. The van der Waals surface area contributed by atoms with E-state index in [1.165, 1.54) is 0 Å². The molecular weight excluding hydrogens is 532 g/mol. The number of para-hydroxylation sites is 1. The second kappa shape index (κ2) is 12.2. The van der Waals surface area contributed by atoms with E-state index in [1.807, 2.05) is 45.9 Å². The van der Waals surface area contributed by atoms with Gasteiger partial charge in [0.25, 0.3) is 0 Å². The number of alkyl halides is 6. The van der Waals surface area contributed by atoms with Crippen LogP contribution in [0.25, 0.3) is 5.70 Å². The van der Waals surface area contributed by atoms with Crippen LogP contribution in [-0.2, 0) is 17.2 Å². The van der Waals surface area contributed by atoms with Crippen molar-refractivity contribution < 1.29 is 31.2 Å². The topological polar surface area (TPSA) is 59.6 Å². The van der Waals surface area contributed by atoms with Crippen LogP contribution in [0.4, 0.5) is 32.0 Å². The van der Waals surface area contributed by atoms with Crippen molar-refractivity contribution in [2.24, 2.45) is 10.9 Å². The summed E-state index contributed by atoms with van der Waals surface area (Å²) in [5.41, 5.74) is -0.383. The fraction of sp³-hybridized carbons (Fsp3) is 0.300. The molecule has 0 aromatic heterocycles. The summed E-state index contributed by atoms with van der Waals surface area (Å²) in [6.07, 6.45) is -10.0. The number of hydrogen-bond acceptors (Lipinski definition) is 4. The number of benzene rings is 3. The van der Waals surface area contributed by atoms with Crippen molar-refractivity contribution in [2.45, 2.75) is 57.9 Å². The lowest BCUT2D eigenvalue weighted by atomic mass is 9.91. The average molecular weight is 564 g/mol. The Hall–Kier alpha value is -3.79. The van der Waals surface area contributed by atoms with Crippen molar-refractivity contribution in [2.75, 3.05) is 5.32 Å². The third kappa shape index (κ3) is 7.24. The molecule has 0 spiro atoms. The second-order valence-corrected chi connectivity index (χ2v) is 9.92. The lowest BCUT2D eigenvalue weighted by molar-refractivity contribution is -0.143. The molecule has 1 unspecified atom stereocenters. The first kappa shape index (κ1) is 30.7. The Bertz CT molecular complexity index is 1300. The third-order valence-electron chi connectivity index (χ3n) is 6.33. The number of nitrogens with two attached hydrogens (primary N) is 1. The minimum absolute atomic E-state index is 0.0471. The molecule has 3 rings (SSSR count). The van der Waals surface area contributed by atoms with Crippen LogP contribution in [0.2, 0.25) is 0 Å². The van der Waals surface area contributed by atoms with Gasteiger partial charge < -0.3 is 10.2 Å². The maximum Gasteiger partial charge on any atom is 0.416 e. The van der Waals surface area contributed by atoms with Crippen molar-refractivity contribution in [1.29, 1.82) is 0 Å². The highest BCUT2D eigenvalue weighted by molar-refractivity contribution is 5.91. The van der Waals surface area contributed by atoms with Gasteiger partial charge in [0.1, 0.15) is 6.04 Å². The van der Waals surface area contributed by atoms with E-state index in [9.17, 15) is 26.3 Å². The summed E-state index contributed by atoms with van der Waals surface area (Å²) < 4.78 is 80.6. The highest BCUT2D eigenvalue weighted by Crippen LogP contribution is 2.39. The standard InChI is InChI=1S/C30H31F6N3O/c1-17(2)24-12-9-13-25(18(3)4)27(24)39-26(20-10-7-6-8-11-20)28(40-37)38-19(5)21-14-22(29(31,32)33)16-23(15-21)30(34,35)36/h6-18,26,39H,5,37H2,1-4H3/b38-28-. The van der Waals surface area contributed by atoms with E-state index in [2.05, 4.69) is 16.9 Å². The van der Waals surface area contributed by atoms with E-state index in [0.717, 1.165) is 16.8 Å². The zero-order valence-electron chi connectivity index (χ0n) is 22.5. The first-order valence-electron chi connectivity index (χ1n) is 12.5. The first-order valence-corrected chi connectivity index (χ1v) is 12.5. The summed E-state index contributed by atoms with van der Waals surface area (Å²) in [5.74, 6) is 5.66. The normalized spacial score (nSPS) is 13.5. The van der Waals surface area contributed by atoms with Crippen molar-refractivity contribution in [3.63, 3.8) is 0 Å². The van der Waals surface area contributed by atoms with Crippen LogP contribution in [0.1, 0.15) is 79.0 Å². The Kier molecular flexibility index (Phi) is 9.35. The van der Waals surface area contributed by atoms with Gasteiger partial charge in [-0.3, -0.25) is 0 Å². The predicted octanol–water partition coefficient (Wildman–Crippen LogP) is 9.08. The fourth-order valence-electron chi connectivity index (χ4n) is 4.27. The average Bonchev–Trinajstić information content (AvgIpc) is 2.89. The van der Waals surface area contributed by atoms with E-state index >= 15 is 0 Å². The molecule has 0 aliphatic rings. The molecular formula is C30H31F6N3O. The van der Waals surface area contributed by atoms with Crippen LogP contribution in [0.3, 0.4) is 0 Å². The summed E-state index contributed by atoms with van der Waals surface area (Å²) in [5, 5.41) is 3.44. The highest BCUT2D eigenvalue weighted by Gasteiger charge is 2.37. The smallest absolute Gasteiger partial charge is 0.393 e. The lowest BCUT2D eigenvalue weighted by Crippen LogP contribution is -2.27. The van der Waals surface area contributed by atoms with E-state index in [0.29, 0.717) is 17.7 Å². The monoisotopic (exact) mass is 563 g/mol. The minimum Gasteiger partial charge on any atom is -0.393 e. The van der Waals surface area contributed by atoms with E-state index in [-0.39, 0.29) is 29.5 Å². The number of halogens is 6. The molecule has 0 aliphatic carbocycles. The van der Waals surface area contributed by atoms with Crippen molar-refractivity contribution in [3.8, 4) is 0 Å². The summed E-state index contributed by atoms with van der Waals surface area (Å²) in [7, 11) is 0. The molecule has 0 aliphatic heterocycles. The molecule has 0 saturated heterocycles. The molecule has 3 aromatic carbocycles. The lowest BCUT2D eigenvalue weighted by Gasteiger charge is -2.27. The second-order valence-electron chi connectivity index (χ2n) is 9.92. The van der Waals surface area contributed by atoms with Crippen molar-refractivity contribution in [3.05, 3.63) is 107 Å².